The van der Waals surface area contributed by atoms with Crippen LogP contribution >= 0.6 is 11.6 Å². The van der Waals surface area contributed by atoms with Crippen molar-refractivity contribution in [1.82, 2.24) is 0 Å². The van der Waals surface area contributed by atoms with Gasteiger partial charge in [0.25, 0.3) is 15.9 Å². The Kier molecular flexibility index (Phi) is 6.12. The number of hydrogen-bond acceptors (Lipinski definition) is 5. The number of halogens is 1. The van der Waals surface area contributed by atoms with Crippen molar-refractivity contribution in [1.29, 1.82) is 0 Å². The summed E-state index contributed by atoms with van der Waals surface area (Å²) in [5.74, 6) is -0.113. The van der Waals surface area contributed by atoms with Crippen LogP contribution in [0.1, 0.15) is 12.8 Å². The SMILES string of the molecule is O=C(Nc1ccc(N2CCCC2=O)cc1)[C@H]1CN(S(=O)(=O)c2ccc(Cl)cc2)c2ccccc2O1. The van der Waals surface area contributed by atoms with E-state index < -0.39 is 22.0 Å². The highest BCUT2D eigenvalue weighted by Crippen LogP contribution is 2.37. The van der Waals surface area contributed by atoms with Gasteiger partial charge < -0.3 is 15.0 Å². The van der Waals surface area contributed by atoms with E-state index >= 15 is 0 Å². The molecule has 2 amide bonds. The van der Waals surface area contributed by atoms with Gasteiger partial charge in [0.1, 0.15) is 5.75 Å². The molecule has 2 heterocycles. The molecule has 0 saturated carbocycles. The molecule has 1 saturated heterocycles. The van der Waals surface area contributed by atoms with E-state index in [1.54, 1.807) is 53.4 Å². The second-order valence-electron chi connectivity index (χ2n) is 8.25. The van der Waals surface area contributed by atoms with E-state index in [2.05, 4.69) is 5.32 Å². The number of hydrogen-bond donors (Lipinski definition) is 1. The first-order valence-electron chi connectivity index (χ1n) is 11.1. The van der Waals surface area contributed by atoms with Crippen LogP contribution in [-0.4, -0.2) is 39.4 Å². The number of ether oxygens (including phenoxy) is 1. The minimum atomic E-state index is -3.97. The predicted molar refractivity (Wildman–Crippen MR) is 134 cm³/mol. The number of nitrogens with zero attached hydrogens (tertiary/aromatic N) is 2. The van der Waals surface area contributed by atoms with Crippen molar-refractivity contribution < 1.29 is 22.7 Å². The van der Waals surface area contributed by atoms with Gasteiger partial charge in [0.05, 0.1) is 17.1 Å². The minimum absolute atomic E-state index is 0.0600. The average molecular weight is 512 g/mol. The number of carbonyl (C=O) groups is 2. The number of benzene rings is 3. The summed E-state index contributed by atoms with van der Waals surface area (Å²) in [4.78, 5) is 26.8. The second kappa shape index (κ2) is 9.24. The third kappa shape index (κ3) is 4.56. The molecule has 1 fully saturated rings. The Morgan fingerprint density at radius 3 is 2.40 bits per heavy atom. The van der Waals surface area contributed by atoms with Crippen LogP contribution in [0.25, 0.3) is 0 Å². The van der Waals surface area contributed by atoms with Crippen LogP contribution in [0.2, 0.25) is 5.02 Å². The monoisotopic (exact) mass is 511 g/mol. The third-order valence-electron chi connectivity index (χ3n) is 5.95. The Bertz CT molecular complexity index is 1380. The first-order chi connectivity index (χ1) is 16.8. The molecular weight excluding hydrogens is 490 g/mol. The maximum atomic E-state index is 13.4. The Morgan fingerprint density at radius 2 is 1.71 bits per heavy atom. The fourth-order valence-electron chi connectivity index (χ4n) is 4.17. The molecule has 35 heavy (non-hydrogen) atoms. The van der Waals surface area contributed by atoms with Gasteiger partial charge >= 0.3 is 0 Å². The summed E-state index contributed by atoms with van der Waals surface area (Å²) < 4.78 is 33.9. The van der Waals surface area contributed by atoms with Gasteiger partial charge in [-0.3, -0.25) is 13.9 Å². The zero-order valence-electron chi connectivity index (χ0n) is 18.6. The molecular formula is C25H22ClN3O5S. The van der Waals surface area contributed by atoms with Gasteiger partial charge in [-0.2, -0.15) is 0 Å². The van der Waals surface area contributed by atoms with Crippen molar-refractivity contribution in [2.75, 3.05) is 27.6 Å². The van der Waals surface area contributed by atoms with Crippen LogP contribution in [0, 0.1) is 0 Å². The molecule has 3 aromatic rings. The highest BCUT2D eigenvalue weighted by atomic mass is 35.5. The summed E-state index contributed by atoms with van der Waals surface area (Å²) in [6.07, 6.45) is 0.286. The van der Waals surface area contributed by atoms with Crippen LogP contribution in [0.4, 0.5) is 17.1 Å². The molecule has 10 heteroatoms. The lowest BCUT2D eigenvalue weighted by Crippen LogP contribution is -2.48. The molecule has 1 atom stereocenters. The van der Waals surface area contributed by atoms with Crippen molar-refractivity contribution in [3.63, 3.8) is 0 Å². The summed E-state index contributed by atoms with van der Waals surface area (Å²) >= 11 is 5.92. The van der Waals surface area contributed by atoms with E-state index in [9.17, 15) is 18.0 Å². The lowest BCUT2D eigenvalue weighted by atomic mass is 10.2. The Morgan fingerprint density at radius 1 is 1.00 bits per heavy atom. The molecule has 3 aromatic carbocycles. The van der Waals surface area contributed by atoms with Crippen molar-refractivity contribution in [2.45, 2.75) is 23.8 Å². The van der Waals surface area contributed by atoms with Gasteiger partial charge in [-0.05, 0) is 67.1 Å². The molecule has 0 aliphatic carbocycles. The van der Waals surface area contributed by atoms with Crippen molar-refractivity contribution in [3.05, 3.63) is 77.8 Å². The minimum Gasteiger partial charge on any atom is -0.476 e. The molecule has 0 aromatic heterocycles. The quantitative estimate of drug-likeness (QED) is 0.557. The maximum absolute atomic E-state index is 13.4. The van der Waals surface area contributed by atoms with E-state index in [4.69, 9.17) is 16.3 Å². The predicted octanol–water partition coefficient (Wildman–Crippen LogP) is 4.06. The molecule has 180 valence electrons. The van der Waals surface area contributed by atoms with Gasteiger partial charge in [0, 0.05) is 29.4 Å². The number of anilines is 3. The summed E-state index contributed by atoms with van der Waals surface area (Å²) in [6.45, 7) is 0.478. The summed E-state index contributed by atoms with van der Waals surface area (Å²) in [7, 11) is -3.97. The van der Waals surface area contributed by atoms with Crippen molar-refractivity contribution in [3.8, 4) is 5.75 Å². The van der Waals surface area contributed by atoms with Crippen molar-refractivity contribution in [2.24, 2.45) is 0 Å². The van der Waals surface area contributed by atoms with Crippen molar-refractivity contribution >= 4 is 50.5 Å². The van der Waals surface area contributed by atoms with E-state index in [-0.39, 0.29) is 17.3 Å². The van der Waals surface area contributed by atoms with Crippen LogP contribution in [0.15, 0.2) is 77.7 Å². The van der Waals surface area contributed by atoms with E-state index in [0.29, 0.717) is 35.1 Å². The Labute approximate surface area is 208 Å². The molecule has 0 unspecified atom stereocenters. The zero-order valence-corrected chi connectivity index (χ0v) is 20.1. The maximum Gasteiger partial charge on any atom is 0.267 e. The van der Waals surface area contributed by atoms with E-state index in [1.165, 1.54) is 28.6 Å². The average Bonchev–Trinajstić information content (AvgIpc) is 3.29. The largest absolute Gasteiger partial charge is 0.476 e. The number of para-hydroxylation sites is 2. The number of rotatable bonds is 5. The fraction of sp³-hybridized carbons (Fsp3) is 0.200. The first-order valence-corrected chi connectivity index (χ1v) is 12.9. The second-order valence-corrected chi connectivity index (χ2v) is 10.5. The number of fused-ring (bicyclic) bond motifs is 1. The molecule has 0 bridgehead atoms. The highest BCUT2D eigenvalue weighted by Gasteiger charge is 2.37. The Hall–Kier alpha value is -3.56. The topological polar surface area (TPSA) is 96.0 Å². The van der Waals surface area contributed by atoms with Crippen LogP contribution in [0.3, 0.4) is 0 Å². The molecule has 5 rings (SSSR count). The van der Waals surface area contributed by atoms with Gasteiger partial charge in [-0.25, -0.2) is 8.42 Å². The molecule has 0 radical (unpaired) electrons. The number of carbonyl (C=O) groups excluding carboxylic acids is 2. The van der Waals surface area contributed by atoms with Crippen LogP contribution in [0.5, 0.6) is 5.75 Å². The molecule has 2 aliphatic heterocycles. The summed E-state index contributed by atoms with van der Waals surface area (Å²) in [6, 6.07) is 19.5. The van der Waals surface area contributed by atoms with Gasteiger partial charge in [0.15, 0.2) is 6.10 Å². The zero-order chi connectivity index (χ0) is 24.6. The smallest absolute Gasteiger partial charge is 0.267 e. The normalized spacial score (nSPS) is 17.6. The lowest BCUT2D eigenvalue weighted by Gasteiger charge is -2.34. The highest BCUT2D eigenvalue weighted by molar-refractivity contribution is 7.92. The third-order valence-corrected chi connectivity index (χ3v) is 7.99. The van der Waals surface area contributed by atoms with Crippen LogP contribution < -0.4 is 19.3 Å². The Balaban J connectivity index is 1.37. The lowest BCUT2D eigenvalue weighted by molar-refractivity contribution is -0.122. The van der Waals surface area contributed by atoms with Gasteiger partial charge in [-0.1, -0.05) is 23.7 Å². The molecule has 1 N–H and O–H groups in total. The van der Waals surface area contributed by atoms with Crippen LogP contribution in [-0.2, 0) is 19.6 Å². The first kappa shape index (κ1) is 23.2. The summed E-state index contributed by atoms with van der Waals surface area (Å²) in [5, 5.41) is 3.20. The fourth-order valence-corrected chi connectivity index (χ4v) is 5.77. The van der Waals surface area contributed by atoms with Gasteiger partial charge in [0.2, 0.25) is 5.91 Å². The number of nitrogens with one attached hydrogen (secondary N) is 1. The number of sulfonamides is 1. The van der Waals surface area contributed by atoms with E-state index in [1.807, 2.05) is 0 Å². The summed E-state index contributed by atoms with van der Waals surface area (Å²) in [5.41, 5.74) is 1.64. The number of amides is 2. The van der Waals surface area contributed by atoms with E-state index in [0.717, 1.165) is 12.1 Å². The molecule has 2 aliphatic rings. The van der Waals surface area contributed by atoms with Gasteiger partial charge in [-0.15, -0.1) is 0 Å². The molecule has 8 nitrogen and oxygen atoms in total. The molecule has 0 spiro atoms. The standard InChI is InChI=1S/C25H22ClN3O5S/c26-17-7-13-20(14-8-17)35(32,33)29-16-23(34-22-5-2-1-4-21(22)29)25(31)27-18-9-11-19(12-10-18)28-15-3-6-24(28)30/h1-2,4-5,7-14,23H,3,6,15-16H2,(H,27,31)/t23-/m1/s1.